The lowest BCUT2D eigenvalue weighted by molar-refractivity contribution is -0.159. The predicted octanol–water partition coefficient (Wildman–Crippen LogP) is 4.04. The molecule has 0 heterocycles. The first-order chi connectivity index (χ1) is 15.0. The van der Waals surface area contributed by atoms with E-state index in [1.165, 1.54) is 4.90 Å². The summed E-state index contributed by atoms with van der Waals surface area (Å²) in [5.74, 6) is -0.279. The molecule has 0 spiro atoms. The maximum absolute atomic E-state index is 12.4. The number of ether oxygens (including phenoxy) is 3. The third-order valence-electron chi connectivity index (χ3n) is 6.24. The van der Waals surface area contributed by atoms with Crippen molar-refractivity contribution < 1.29 is 28.9 Å². The number of carbonyl (C=O) groups excluding carboxylic acids is 2. The molecule has 0 aliphatic rings. The van der Waals surface area contributed by atoms with Crippen molar-refractivity contribution in [2.45, 2.75) is 91.6 Å². The molecule has 0 radical (unpaired) electrons. The summed E-state index contributed by atoms with van der Waals surface area (Å²) in [6, 6.07) is 0. The fraction of sp³-hybridized carbons (Fsp3) is 0.840. The van der Waals surface area contributed by atoms with Crippen LogP contribution in [0.4, 0.5) is 0 Å². The second-order valence-corrected chi connectivity index (χ2v) is 9.29. The molecule has 7 nitrogen and oxygen atoms in total. The summed E-state index contributed by atoms with van der Waals surface area (Å²) < 4.78 is 17.4. The highest BCUT2D eigenvalue weighted by atomic mass is 16.5. The Labute approximate surface area is 195 Å². The average molecular weight is 458 g/mol. The highest BCUT2D eigenvalue weighted by Crippen LogP contribution is 2.29. The summed E-state index contributed by atoms with van der Waals surface area (Å²) in [7, 11) is 5.01. The molecule has 0 fully saturated rings. The lowest BCUT2D eigenvalue weighted by atomic mass is 9.84. The van der Waals surface area contributed by atoms with Crippen LogP contribution in [-0.4, -0.2) is 68.1 Å². The Kier molecular flexibility index (Phi) is 15.5. The molecule has 0 bridgehead atoms. The van der Waals surface area contributed by atoms with Crippen molar-refractivity contribution in [3.8, 4) is 0 Å². The van der Waals surface area contributed by atoms with Crippen LogP contribution < -0.4 is 0 Å². The van der Waals surface area contributed by atoms with E-state index in [9.17, 15) is 14.7 Å². The number of hydrogen-bond donors (Lipinski definition) is 1. The molecule has 0 aliphatic carbocycles. The summed E-state index contributed by atoms with van der Waals surface area (Å²) in [4.78, 5) is 24.7. The zero-order valence-corrected chi connectivity index (χ0v) is 21.6. The van der Waals surface area contributed by atoms with Gasteiger partial charge in [0.15, 0.2) is 0 Å². The summed E-state index contributed by atoms with van der Waals surface area (Å²) in [6.45, 7) is 11.8. The molecule has 7 unspecified atom stereocenters. The van der Waals surface area contributed by atoms with Crippen molar-refractivity contribution in [2.24, 2.45) is 23.7 Å². The molecule has 0 aromatic rings. The number of carbonyl (C=O) groups is 2. The topological polar surface area (TPSA) is 85.3 Å². The minimum atomic E-state index is -0.383. The van der Waals surface area contributed by atoms with Gasteiger partial charge in [-0.15, -0.1) is 0 Å². The van der Waals surface area contributed by atoms with E-state index in [-0.39, 0.29) is 54.1 Å². The van der Waals surface area contributed by atoms with E-state index in [1.54, 1.807) is 27.5 Å². The van der Waals surface area contributed by atoms with Gasteiger partial charge in [0.05, 0.1) is 24.2 Å². The molecule has 7 atom stereocenters. The molecule has 7 heteroatoms. The number of hydrogen-bond acceptors (Lipinski definition) is 6. The van der Waals surface area contributed by atoms with E-state index in [0.717, 1.165) is 12.8 Å². The Morgan fingerprint density at radius 2 is 1.66 bits per heavy atom. The molecule has 0 saturated heterocycles. The minimum Gasteiger partial charge on any atom is -0.462 e. The lowest BCUT2D eigenvalue weighted by Crippen LogP contribution is -2.39. The summed E-state index contributed by atoms with van der Waals surface area (Å²) in [5, 5.41) is 10.0. The van der Waals surface area contributed by atoms with Crippen molar-refractivity contribution in [1.29, 1.82) is 0 Å². The molecule has 0 saturated carbocycles. The Morgan fingerprint density at radius 1 is 1.03 bits per heavy atom. The van der Waals surface area contributed by atoms with E-state index < -0.39 is 0 Å². The van der Waals surface area contributed by atoms with Gasteiger partial charge in [-0.1, -0.05) is 47.6 Å². The monoisotopic (exact) mass is 457 g/mol. The molecular formula is C25H47NO6. The number of rotatable bonds is 17. The van der Waals surface area contributed by atoms with E-state index >= 15 is 0 Å². The molecular weight excluding hydrogens is 410 g/mol. The molecule has 0 aromatic carbocycles. The van der Waals surface area contributed by atoms with Gasteiger partial charge >= 0.3 is 5.97 Å². The maximum Gasteiger partial charge on any atom is 0.308 e. The van der Waals surface area contributed by atoms with Gasteiger partial charge in [0, 0.05) is 39.3 Å². The number of amides is 1. The molecule has 0 rings (SSSR count). The third kappa shape index (κ3) is 10.9. The number of aliphatic hydroxyl groups is 1. The molecule has 1 N–H and O–H groups in total. The zero-order chi connectivity index (χ0) is 24.8. The van der Waals surface area contributed by atoms with Gasteiger partial charge in [-0.05, 0) is 31.6 Å². The van der Waals surface area contributed by atoms with Crippen LogP contribution in [0.2, 0.25) is 0 Å². The first kappa shape index (κ1) is 30.6. The van der Waals surface area contributed by atoms with Crippen LogP contribution in [0.1, 0.15) is 67.2 Å². The fourth-order valence-electron chi connectivity index (χ4n) is 3.86. The normalized spacial score (nSPS) is 18.6. The Morgan fingerprint density at radius 3 is 2.12 bits per heavy atom. The Hall–Kier alpha value is -1.44. The van der Waals surface area contributed by atoms with Crippen molar-refractivity contribution in [1.82, 2.24) is 4.90 Å². The molecule has 188 valence electrons. The summed E-state index contributed by atoms with van der Waals surface area (Å²) in [6.07, 6.45) is 6.20. The van der Waals surface area contributed by atoms with Crippen LogP contribution in [-0.2, 0) is 23.8 Å². The molecule has 0 aromatic heterocycles. The second kappa shape index (κ2) is 16.2. The SMILES string of the molecule is CCC(O)CC(OC)C(C)CCC(OC(=O)C(C)C)C(C)C(OC)C(C)/C=C/N(C)C=O. The van der Waals surface area contributed by atoms with Gasteiger partial charge in [0.25, 0.3) is 0 Å². The van der Waals surface area contributed by atoms with Crippen LogP contribution in [0.3, 0.4) is 0 Å². The quantitative estimate of drug-likeness (QED) is 0.262. The number of esters is 1. The summed E-state index contributed by atoms with van der Waals surface area (Å²) in [5.41, 5.74) is 0. The highest BCUT2D eigenvalue weighted by Gasteiger charge is 2.33. The third-order valence-corrected chi connectivity index (χ3v) is 6.24. The van der Waals surface area contributed by atoms with Gasteiger partial charge in [-0.25, -0.2) is 0 Å². The van der Waals surface area contributed by atoms with Crippen LogP contribution in [0.5, 0.6) is 0 Å². The van der Waals surface area contributed by atoms with Crippen molar-refractivity contribution in [3.05, 3.63) is 12.3 Å². The van der Waals surface area contributed by atoms with Crippen LogP contribution in [0.15, 0.2) is 12.3 Å². The second-order valence-electron chi connectivity index (χ2n) is 9.29. The van der Waals surface area contributed by atoms with Gasteiger partial charge < -0.3 is 24.2 Å². The van der Waals surface area contributed by atoms with E-state index in [1.807, 2.05) is 40.7 Å². The van der Waals surface area contributed by atoms with Crippen LogP contribution >= 0.6 is 0 Å². The smallest absolute Gasteiger partial charge is 0.308 e. The Balaban J connectivity index is 5.42. The lowest BCUT2D eigenvalue weighted by Gasteiger charge is -2.34. The molecule has 1 amide bonds. The average Bonchev–Trinajstić information content (AvgIpc) is 2.77. The van der Waals surface area contributed by atoms with Gasteiger partial charge in [0.1, 0.15) is 6.10 Å². The van der Waals surface area contributed by atoms with Crippen LogP contribution in [0.25, 0.3) is 0 Å². The minimum absolute atomic E-state index is 0.0153. The van der Waals surface area contributed by atoms with E-state index in [4.69, 9.17) is 14.2 Å². The van der Waals surface area contributed by atoms with E-state index in [2.05, 4.69) is 6.92 Å². The van der Waals surface area contributed by atoms with Crippen molar-refractivity contribution >= 4 is 12.4 Å². The van der Waals surface area contributed by atoms with Gasteiger partial charge in [-0.2, -0.15) is 0 Å². The summed E-state index contributed by atoms with van der Waals surface area (Å²) >= 11 is 0. The van der Waals surface area contributed by atoms with Crippen LogP contribution in [0, 0.1) is 23.7 Å². The fourth-order valence-corrected chi connectivity index (χ4v) is 3.86. The van der Waals surface area contributed by atoms with Crippen molar-refractivity contribution in [2.75, 3.05) is 21.3 Å². The molecule has 32 heavy (non-hydrogen) atoms. The number of methoxy groups -OCH3 is 2. The number of aliphatic hydroxyl groups excluding tert-OH is 1. The van der Waals surface area contributed by atoms with Crippen molar-refractivity contribution in [3.63, 3.8) is 0 Å². The first-order valence-electron chi connectivity index (χ1n) is 11.8. The van der Waals surface area contributed by atoms with E-state index in [0.29, 0.717) is 19.3 Å². The zero-order valence-electron chi connectivity index (χ0n) is 21.6. The van der Waals surface area contributed by atoms with Gasteiger partial charge in [-0.3, -0.25) is 9.59 Å². The predicted molar refractivity (Wildman–Crippen MR) is 127 cm³/mol. The standard InChI is InChI=1S/C25H47NO6/c1-10-21(28)15-23(30-8)18(4)11-12-22(32-25(29)17(2)3)20(6)24(31-9)19(5)13-14-26(7)16-27/h13-14,16-24,28H,10-12,15H2,1-9H3/b14-13+. The number of nitrogens with zero attached hydrogens (tertiary/aromatic N) is 1. The highest BCUT2D eigenvalue weighted by molar-refractivity contribution is 5.71. The molecule has 0 aliphatic heterocycles. The maximum atomic E-state index is 12.4. The first-order valence-corrected chi connectivity index (χ1v) is 11.8. The largest absolute Gasteiger partial charge is 0.462 e. The Bertz CT molecular complexity index is 553. The van der Waals surface area contributed by atoms with Gasteiger partial charge in [0.2, 0.25) is 6.41 Å².